The van der Waals surface area contributed by atoms with Gasteiger partial charge < -0.3 is 5.11 Å². The second-order valence-electron chi connectivity index (χ2n) is 4.94. The molecular weight excluding hydrogens is 290 g/mol. The molecule has 21 heavy (non-hydrogen) atoms. The first kappa shape index (κ1) is 15.5. The van der Waals surface area contributed by atoms with Crippen molar-refractivity contribution in [1.29, 1.82) is 0 Å². The van der Waals surface area contributed by atoms with Crippen molar-refractivity contribution in [3.8, 4) is 0 Å². The molecule has 1 aromatic carbocycles. The van der Waals surface area contributed by atoms with E-state index in [4.69, 9.17) is 5.11 Å². The first-order valence-corrected chi connectivity index (χ1v) is 8.14. The highest BCUT2D eigenvalue weighted by Gasteiger charge is 2.17. The third-order valence-corrected chi connectivity index (χ3v) is 4.41. The summed E-state index contributed by atoms with van der Waals surface area (Å²) in [6.07, 6.45) is 3.30. The van der Waals surface area contributed by atoms with Crippen LogP contribution >= 0.6 is 0 Å². The molecule has 7 heteroatoms. The lowest BCUT2D eigenvalue weighted by molar-refractivity contribution is 0.277. The molecule has 0 atom stereocenters. The van der Waals surface area contributed by atoms with Gasteiger partial charge in [-0.3, -0.25) is 9.40 Å². The number of nitrogens with zero attached hydrogens (tertiary/aromatic N) is 2. The predicted octanol–water partition coefficient (Wildman–Crippen LogP) is 1.68. The average Bonchev–Trinajstić information content (AvgIpc) is 2.89. The van der Waals surface area contributed by atoms with Crippen molar-refractivity contribution >= 4 is 15.7 Å². The van der Waals surface area contributed by atoms with Crippen molar-refractivity contribution in [2.75, 3.05) is 11.3 Å². The monoisotopic (exact) mass is 309 g/mol. The number of sulfonamides is 1. The highest BCUT2D eigenvalue weighted by atomic mass is 32.2. The lowest BCUT2D eigenvalue weighted by Crippen LogP contribution is -2.13. The highest BCUT2D eigenvalue weighted by molar-refractivity contribution is 7.92. The number of rotatable bonds is 6. The fraction of sp³-hybridized carbons (Fsp3) is 0.357. The molecule has 0 aliphatic carbocycles. The number of aliphatic hydroxyl groups excluding tert-OH is 1. The molecule has 0 unspecified atom stereocenters. The van der Waals surface area contributed by atoms with Crippen LogP contribution in [-0.4, -0.2) is 29.9 Å². The van der Waals surface area contributed by atoms with Gasteiger partial charge in [-0.05, 0) is 31.9 Å². The second kappa shape index (κ2) is 6.28. The second-order valence-corrected chi connectivity index (χ2v) is 6.62. The fourth-order valence-electron chi connectivity index (χ4n) is 1.97. The van der Waals surface area contributed by atoms with Gasteiger partial charge in [0.1, 0.15) is 4.90 Å². The van der Waals surface area contributed by atoms with Crippen LogP contribution in [0.15, 0.2) is 35.5 Å². The molecule has 1 heterocycles. The maximum Gasteiger partial charge on any atom is 0.265 e. The summed E-state index contributed by atoms with van der Waals surface area (Å²) in [6.45, 7) is 4.34. The van der Waals surface area contributed by atoms with Crippen LogP contribution in [0.4, 0.5) is 5.69 Å². The zero-order valence-corrected chi connectivity index (χ0v) is 12.9. The van der Waals surface area contributed by atoms with Gasteiger partial charge in [0, 0.05) is 19.3 Å². The number of benzene rings is 1. The summed E-state index contributed by atoms with van der Waals surface area (Å²) in [6, 6.07) is 5.52. The molecule has 0 saturated carbocycles. The van der Waals surface area contributed by atoms with Gasteiger partial charge in [0.2, 0.25) is 0 Å². The highest BCUT2D eigenvalue weighted by Crippen LogP contribution is 2.20. The van der Waals surface area contributed by atoms with E-state index in [-0.39, 0.29) is 11.5 Å². The van der Waals surface area contributed by atoms with Gasteiger partial charge in [0.05, 0.1) is 11.9 Å². The molecule has 2 aromatic rings. The molecular formula is C14H19N3O3S. The van der Waals surface area contributed by atoms with Crippen LogP contribution in [0.2, 0.25) is 0 Å². The van der Waals surface area contributed by atoms with Crippen LogP contribution in [0.25, 0.3) is 0 Å². The number of anilines is 1. The molecule has 1 aromatic heterocycles. The quantitative estimate of drug-likeness (QED) is 0.850. The van der Waals surface area contributed by atoms with E-state index >= 15 is 0 Å². The summed E-state index contributed by atoms with van der Waals surface area (Å²) >= 11 is 0. The molecule has 0 radical (unpaired) electrons. The molecule has 2 rings (SSSR count). The Kier molecular flexibility index (Phi) is 4.64. The molecule has 0 saturated heterocycles. The summed E-state index contributed by atoms with van der Waals surface area (Å²) in [7, 11) is -3.65. The Hall–Kier alpha value is -1.86. The SMILES string of the molecule is Cc1ccc(NS(=O)(=O)c2cnn(CCCO)c2)c(C)c1. The minimum atomic E-state index is -3.65. The van der Waals surface area contributed by atoms with Crippen LogP contribution < -0.4 is 4.72 Å². The van der Waals surface area contributed by atoms with Gasteiger partial charge in [-0.1, -0.05) is 17.7 Å². The third-order valence-electron chi connectivity index (χ3n) is 3.09. The Morgan fingerprint density at radius 1 is 1.33 bits per heavy atom. The standard InChI is InChI=1S/C14H19N3O3S/c1-11-4-5-14(12(2)8-11)16-21(19,20)13-9-15-17(10-13)6-3-7-18/h4-5,8-10,16,18H,3,6-7H2,1-2H3. The Labute approximate surface area is 124 Å². The molecule has 0 amide bonds. The fourth-order valence-corrected chi connectivity index (χ4v) is 3.05. The Morgan fingerprint density at radius 3 is 2.76 bits per heavy atom. The van der Waals surface area contributed by atoms with Crippen molar-refractivity contribution < 1.29 is 13.5 Å². The number of aromatic nitrogens is 2. The van der Waals surface area contributed by atoms with Gasteiger partial charge in [-0.25, -0.2) is 8.42 Å². The minimum absolute atomic E-state index is 0.0444. The van der Waals surface area contributed by atoms with Crippen LogP contribution in [0.3, 0.4) is 0 Å². The number of aryl methyl sites for hydroxylation is 3. The molecule has 114 valence electrons. The Morgan fingerprint density at radius 2 is 2.10 bits per heavy atom. The van der Waals surface area contributed by atoms with E-state index in [1.165, 1.54) is 17.1 Å². The zero-order chi connectivity index (χ0) is 15.5. The largest absolute Gasteiger partial charge is 0.396 e. The molecule has 2 N–H and O–H groups in total. The van der Waals surface area contributed by atoms with E-state index in [2.05, 4.69) is 9.82 Å². The van der Waals surface area contributed by atoms with Crippen LogP contribution in [0.1, 0.15) is 17.5 Å². The zero-order valence-electron chi connectivity index (χ0n) is 12.1. The summed E-state index contributed by atoms with van der Waals surface area (Å²) in [5.41, 5.74) is 2.50. The summed E-state index contributed by atoms with van der Waals surface area (Å²) in [5, 5.41) is 12.8. The molecule has 0 bridgehead atoms. The Balaban J connectivity index is 2.19. The Bertz CT molecular complexity index is 723. The lowest BCUT2D eigenvalue weighted by atomic mass is 10.1. The van der Waals surface area contributed by atoms with E-state index < -0.39 is 10.0 Å². The predicted molar refractivity (Wildman–Crippen MR) is 80.7 cm³/mol. The van der Waals surface area contributed by atoms with Crippen molar-refractivity contribution in [1.82, 2.24) is 9.78 Å². The van der Waals surface area contributed by atoms with Gasteiger partial charge in [-0.15, -0.1) is 0 Å². The van der Waals surface area contributed by atoms with Crippen molar-refractivity contribution in [3.63, 3.8) is 0 Å². The number of nitrogens with one attached hydrogen (secondary N) is 1. The van der Waals surface area contributed by atoms with Crippen molar-refractivity contribution in [2.45, 2.75) is 31.7 Å². The molecule has 0 fully saturated rings. The van der Waals surface area contributed by atoms with E-state index in [1.807, 2.05) is 26.0 Å². The van der Waals surface area contributed by atoms with Gasteiger partial charge in [0.25, 0.3) is 10.0 Å². The van der Waals surface area contributed by atoms with Crippen LogP contribution in [-0.2, 0) is 16.6 Å². The smallest absolute Gasteiger partial charge is 0.265 e. The molecule has 0 aliphatic rings. The average molecular weight is 309 g/mol. The summed E-state index contributed by atoms with van der Waals surface area (Å²) < 4.78 is 28.7. The van der Waals surface area contributed by atoms with E-state index in [0.717, 1.165) is 11.1 Å². The number of hydrogen-bond donors (Lipinski definition) is 2. The van der Waals surface area contributed by atoms with Gasteiger partial charge in [0.15, 0.2) is 0 Å². The summed E-state index contributed by atoms with van der Waals surface area (Å²) in [5.74, 6) is 0. The minimum Gasteiger partial charge on any atom is -0.396 e. The first-order chi connectivity index (χ1) is 9.92. The maximum atomic E-state index is 12.3. The molecule has 0 aliphatic heterocycles. The topological polar surface area (TPSA) is 84.2 Å². The van der Waals surface area contributed by atoms with E-state index in [9.17, 15) is 8.42 Å². The lowest BCUT2D eigenvalue weighted by Gasteiger charge is -2.09. The maximum absolute atomic E-state index is 12.3. The van der Waals surface area contributed by atoms with Crippen molar-refractivity contribution in [3.05, 3.63) is 41.7 Å². The van der Waals surface area contributed by atoms with E-state index in [0.29, 0.717) is 18.7 Å². The summed E-state index contributed by atoms with van der Waals surface area (Å²) in [4.78, 5) is 0.111. The van der Waals surface area contributed by atoms with Crippen molar-refractivity contribution in [2.24, 2.45) is 0 Å². The molecule has 6 nitrogen and oxygen atoms in total. The number of hydrogen-bond acceptors (Lipinski definition) is 4. The van der Waals surface area contributed by atoms with Crippen LogP contribution in [0, 0.1) is 13.8 Å². The van der Waals surface area contributed by atoms with E-state index in [1.54, 1.807) is 6.07 Å². The van der Waals surface area contributed by atoms with Crippen LogP contribution in [0.5, 0.6) is 0 Å². The number of aliphatic hydroxyl groups is 1. The van der Waals surface area contributed by atoms with Gasteiger partial charge >= 0.3 is 0 Å². The van der Waals surface area contributed by atoms with Gasteiger partial charge in [-0.2, -0.15) is 5.10 Å². The first-order valence-electron chi connectivity index (χ1n) is 6.66. The molecule has 0 spiro atoms. The normalized spacial score (nSPS) is 11.6. The third kappa shape index (κ3) is 3.83.